The molecule has 0 radical (unpaired) electrons. The van der Waals surface area contributed by atoms with Gasteiger partial charge in [0.25, 0.3) is 5.91 Å². The SMILES string of the molecule is CC(C)(C)c1ccc(C(=O)NC(=S)Nc2nc3ccc(O)cc3s2)cc1. The molecule has 134 valence electrons. The average Bonchev–Trinajstić information content (AvgIpc) is 2.95. The number of nitrogens with zero attached hydrogens (tertiary/aromatic N) is 1. The van der Waals surface area contributed by atoms with E-state index in [2.05, 4.69) is 36.4 Å². The lowest BCUT2D eigenvalue weighted by molar-refractivity contribution is 0.0977. The number of amides is 1. The van der Waals surface area contributed by atoms with Crippen molar-refractivity contribution in [2.24, 2.45) is 0 Å². The molecule has 0 atom stereocenters. The lowest BCUT2D eigenvalue weighted by Gasteiger charge is -2.19. The predicted molar refractivity (Wildman–Crippen MR) is 110 cm³/mol. The highest BCUT2D eigenvalue weighted by Crippen LogP contribution is 2.28. The fraction of sp³-hybridized carbons (Fsp3) is 0.211. The largest absolute Gasteiger partial charge is 0.508 e. The van der Waals surface area contributed by atoms with E-state index < -0.39 is 0 Å². The molecule has 0 fully saturated rings. The molecule has 0 aliphatic heterocycles. The van der Waals surface area contributed by atoms with Crippen LogP contribution in [0.1, 0.15) is 36.7 Å². The summed E-state index contributed by atoms with van der Waals surface area (Å²) < 4.78 is 0.833. The predicted octanol–water partition coefficient (Wildman–Crippen LogP) is 4.43. The number of thiazole rings is 1. The number of hydrogen-bond donors (Lipinski definition) is 3. The van der Waals surface area contributed by atoms with Crippen molar-refractivity contribution in [3.63, 3.8) is 0 Å². The van der Waals surface area contributed by atoms with E-state index in [0.717, 1.165) is 15.8 Å². The Morgan fingerprint density at radius 2 is 1.85 bits per heavy atom. The Labute approximate surface area is 161 Å². The number of phenolic OH excluding ortho intramolecular Hbond substituents is 1. The smallest absolute Gasteiger partial charge is 0.257 e. The first-order chi connectivity index (χ1) is 12.2. The minimum Gasteiger partial charge on any atom is -0.508 e. The van der Waals surface area contributed by atoms with Gasteiger partial charge < -0.3 is 10.4 Å². The quantitative estimate of drug-likeness (QED) is 0.569. The third-order valence-corrected chi connectivity index (χ3v) is 4.97. The van der Waals surface area contributed by atoms with Gasteiger partial charge in [-0.15, -0.1) is 0 Å². The molecule has 0 aliphatic carbocycles. The van der Waals surface area contributed by atoms with Gasteiger partial charge in [-0.3, -0.25) is 10.1 Å². The zero-order valence-corrected chi connectivity index (χ0v) is 16.3. The Balaban J connectivity index is 1.66. The van der Waals surface area contributed by atoms with Gasteiger partial charge in [0, 0.05) is 5.56 Å². The zero-order chi connectivity index (χ0) is 18.9. The second-order valence-corrected chi connectivity index (χ2v) is 8.35. The van der Waals surface area contributed by atoms with Crippen molar-refractivity contribution in [3.8, 4) is 5.75 Å². The fourth-order valence-corrected chi connectivity index (χ4v) is 3.55. The van der Waals surface area contributed by atoms with Crippen molar-refractivity contribution in [2.75, 3.05) is 5.32 Å². The Morgan fingerprint density at radius 1 is 1.15 bits per heavy atom. The Kier molecular flexibility index (Phi) is 4.93. The van der Waals surface area contributed by atoms with E-state index in [1.54, 1.807) is 30.3 Å². The molecule has 0 aliphatic rings. The van der Waals surface area contributed by atoms with Crippen LogP contribution in [0.4, 0.5) is 5.13 Å². The van der Waals surface area contributed by atoms with Gasteiger partial charge >= 0.3 is 0 Å². The van der Waals surface area contributed by atoms with Crippen LogP contribution in [0.3, 0.4) is 0 Å². The lowest BCUT2D eigenvalue weighted by atomic mass is 9.87. The molecule has 1 heterocycles. The monoisotopic (exact) mass is 385 g/mol. The second kappa shape index (κ2) is 7.01. The van der Waals surface area contributed by atoms with Crippen LogP contribution < -0.4 is 10.6 Å². The van der Waals surface area contributed by atoms with Gasteiger partial charge in [0.15, 0.2) is 10.2 Å². The summed E-state index contributed by atoms with van der Waals surface area (Å²) in [5, 5.41) is 15.8. The number of aromatic hydroxyl groups is 1. The summed E-state index contributed by atoms with van der Waals surface area (Å²) in [6.45, 7) is 6.37. The molecule has 2 aromatic carbocycles. The number of benzene rings is 2. The molecule has 3 aromatic rings. The molecule has 3 rings (SSSR count). The van der Waals surface area contributed by atoms with Gasteiger partial charge in [0.1, 0.15) is 5.75 Å². The highest BCUT2D eigenvalue weighted by Gasteiger charge is 2.15. The van der Waals surface area contributed by atoms with Crippen molar-refractivity contribution < 1.29 is 9.90 Å². The van der Waals surface area contributed by atoms with E-state index in [-0.39, 0.29) is 22.2 Å². The number of aromatic nitrogens is 1. The van der Waals surface area contributed by atoms with E-state index >= 15 is 0 Å². The number of rotatable bonds is 2. The van der Waals surface area contributed by atoms with Gasteiger partial charge in [0.2, 0.25) is 0 Å². The van der Waals surface area contributed by atoms with Crippen molar-refractivity contribution in [2.45, 2.75) is 26.2 Å². The molecule has 7 heteroatoms. The van der Waals surface area contributed by atoms with E-state index in [9.17, 15) is 9.90 Å². The van der Waals surface area contributed by atoms with Crippen LogP contribution in [-0.4, -0.2) is 21.1 Å². The van der Waals surface area contributed by atoms with Crippen molar-refractivity contribution in [1.82, 2.24) is 10.3 Å². The number of phenols is 1. The highest BCUT2D eigenvalue weighted by molar-refractivity contribution is 7.80. The summed E-state index contributed by atoms with van der Waals surface area (Å²) in [5.74, 6) is -0.0935. The summed E-state index contributed by atoms with van der Waals surface area (Å²) in [6.07, 6.45) is 0. The van der Waals surface area contributed by atoms with Gasteiger partial charge in [-0.1, -0.05) is 44.2 Å². The first-order valence-electron chi connectivity index (χ1n) is 8.05. The van der Waals surface area contributed by atoms with Crippen LogP contribution in [0.2, 0.25) is 0 Å². The van der Waals surface area contributed by atoms with Crippen molar-refractivity contribution in [3.05, 3.63) is 53.6 Å². The molecule has 26 heavy (non-hydrogen) atoms. The van der Waals surface area contributed by atoms with Crippen LogP contribution in [0.25, 0.3) is 10.2 Å². The maximum atomic E-state index is 12.3. The Bertz CT molecular complexity index is 973. The number of thiocarbonyl (C=S) groups is 1. The maximum absolute atomic E-state index is 12.3. The van der Waals surface area contributed by atoms with Crippen LogP contribution in [0.15, 0.2) is 42.5 Å². The molecule has 1 aromatic heterocycles. The third kappa shape index (κ3) is 4.17. The number of anilines is 1. The summed E-state index contributed by atoms with van der Waals surface area (Å²) in [7, 11) is 0. The topological polar surface area (TPSA) is 74.2 Å². The molecule has 3 N–H and O–H groups in total. The lowest BCUT2D eigenvalue weighted by Crippen LogP contribution is -2.34. The zero-order valence-electron chi connectivity index (χ0n) is 14.7. The standard InChI is InChI=1S/C19H19N3O2S2/c1-19(2,3)12-6-4-11(5-7-12)16(24)21-17(25)22-18-20-14-9-8-13(23)10-15(14)26-18/h4-10,23H,1-3H3,(H2,20,21,22,24,25). The second-order valence-electron chi connectivity index (χ2n) is 6.91. The van der Waals surface area contributed by atoms with E-state index in [1.807, 2.05) is 12.1 Å². The Hall–Kier alpha value is -2.51. The minimum absolute atomic E-state index is 0.0349. The van der Waals surface area contributed by atoms with Crippen LogP contribution in [0, 0.1) is 0 Å². The van der Waals surface area contributed by atoms with E-state index in [1.165, 1.54) is 11.3 Å². The highest BCUT2D eigenvalue weighted by atomic mass is 32.1. The van der Waals surface area contributed by atoms with Gasteiger partial charge in [0.05, 0.1) is 10.2 Å². The van der Waals surface area contributed by atoms with E-state index in [4.69, 9.17) is 12.2 Å². The van der Waals surface area contributed by atoms with E-state index in [0.29, 0.717) is 10.7 Å². The van der Waals surface area contributed by atoms with Crippen LogP contribution in [-0.2, 0) is 5.41 Å². The average molecular weight is 386 g/mol. The summed E-state index contributed by atoms with van der Waals surface area (Å²) in [4.78, 5) is 16.7. The van der Waals surface area contributed by atoms with Gasteiger partial charge in [-0.05, 0) is 53.5 Å². The first-order valence-corrected chi connectivity index (χ1v) is 9.27. The van der Waals surface area contributed by atoms with Crippen LogP contribution >= 0.6 is 23.6 Å². The number of hydrogen-bond acceptors (Lipinski definition) is 5. The molecule has 0 saturated heterocycles. The molecular weight excluding hydrogens is 366 g/mol. The number of carbonyl (C=O) groups excluding carboxylic acids is 1. The first kappa shape index (κ1) is 18.3. The summed E-state index contributed by atoms with van der Waals surface area (Å²) in [5.41, 5.74) is 2.48. The normalized spacial score (nSPS) is 11.3. The Morgan fingerprint density at radius 3 is 2.50 bits per heavy atom. The molecule has 0 spiro atoms. The molecule has 0 unspecified atom stereocenters. The third-order valence-electron chi connectivity index (χ3n) is 3.83. The summed E-state index contributed by atoms with van der Waals surface area (Å²) in [6, 6.07) is 12.4. The van der Waals surface area contributed by atoms with Crippen molar-refractivity contribution in [1.29, 1.82) is 0 Å². The van der Waals surface area contributed by atoms with Crippen LogP contribution in [0.5, 0.6) is 5.75 Å². The van der Waals surface area contributed by atoms with Gasteiger partial charge in [-0.2, -0.15) is 0 Å². The number of fused-ring (bicyclic) bond motifs is 1. The number of nitrogens with one attached hydrogen (secondary N) is 2. The number of carbonyl (C=O) groups is 1. The molecular formula is C19H19N3O2S2. The minimum atomic E-state index is -0.276. The molecule has 0 saturated carbocycles. The molecule has 1 amide bonds. The molecule has 5 nitrogen and oxygen atoms in total. The maximum Gasteiger partial charge on any atom is 0.257 e. The fourth-order valence-electron chi connectivity index (χ4n) is 2.39. The summed E-state index contributed by atoms with van der Waals surface area (Å²) >= 11 is 6.55. The van der Waals surface area contributed by atoms with Crippen molar-refractivity contribution >= 4 is 49.9 Å². The van der Waals surface area contributed by atoms with Gasteiger partial charge in [-0.25, -0.2) is 4.98 Å². The molecule has 0 bridgehead atoms.